The van der Waals surface area contributed by atoms with Crippen LogP contribution in [-0.4, -0.2) is 31.4 Å². The number of carbonyl (C=O) groups is 1. The van der Waals surface area contributed by atoms with E-state index in [1.165, 1.54) is 23.8 Å². The molecule has 8 nitrogen and oxygen atoms in total. The summed E-state index contributed by atoms with van der Waals surface area (Å²) in [5.74, 6) is 1.61. The third-order valence-electron chi connectivity index (χ3n) is 7.47. The zero-order valence-electron chi connectivity index (χ0n) is 24.1. The van der Waals surface area contributed by atoms with E-state index in [0.717, 1.165) is 40.8 Å². The number of hydrogen-bond acceptors (Lipinski definition) is 8. The van der Waals surface area contributed by atoms with Crippen LogP contribution in [0.3, 0.4) is 0 Å². The molecule has 1 aliphatic carbocycles. The van der Waals surface area contributed by atoms with Gasteiger partial charge < -0.3 is 18.9 Å². The summed E-state index contributed by atoms with van der Waals surface area (Å²) in [7, 11) is 3.22. The minimum atomic E-state index is -0.430. The Bertz CT molecular complexity index is 1980. The average molecular weight is 709 g/mol. The van der Waals surface area contributed by atoms with Gasteiger partial charge in [-0.2, -0.15) is 0 Å². The van der Waals surface area contributed by atoms with Crippen LogP contribution in [0.15, 0.2) is 70.0 Å². The van der Waals surface area contributed by atoms with E-state index in [2.05, 4.69) is 40.8 Å². The second-order valence-electron chi connectivity index (χ2n) is 10.1. The maximum atomic E-state index is 14.2. The zero-order chi connectivity index (χ0) is 30.2. The van der Waals surface area contributed by atoms with Crippen molar-refractivity contribution in [3.63, 3.8) is 0 Å². The van der Waals surface area contributed by atoms with Crippen LogP contribution in [0.4, 0.5) is 0 Å². The Morgan fingerprint density at radius 1 is 1.07 bits per heavy atom. The molecule has 0 fully saturated rings. The lowest BCUT2D eigenvalue weighted by Gasteiger charge is -2.31. The number of thiazole rings is 1. The molecule has 2 aliphatic rings. The van der Waals surface area contributed by atoms with Gasteiger partial charge in [0.1, 0.15) is 0 Å². The highest BCUT2D eigenvalue weighted by Gasteiger charge is 2.33. The van der Waals surface area contributed by atoms with Crippen LogP contribution in [0.5, 0.6) is 23.0 Å². The van der Waals surface area contributed by atoms with Crippen molar-refractivity contribution in [3.05, 3.63) is 106 Å². The average Bonchev–Trinajstić information content (AvgIpc) is 3.31. The summed E-state index contributed by atoms with van der Waals surface area (Å²) in [4.78, 5) is 31.6. The number of allylic oxidation sites excluding steroid dienone is 1. The molecule has 0 N–H and O–H groups in total. The predicted octanol–water partition coefficient (Wildman–Crippen LogP) is 5.26. The van der Waals surface area contributed by atoms with Crippen molar-refractivity contribution < 1.29 is 23.7 Å². The first-order valence-corrected chi connectivity index (χ1v) is 15.7. The lowest BCUT2D eigenvalue weighted by atomic mass is 9.83. The highest BCUT2D eigenvalue weighted by atomic mass is 127. The van der Waals surface area contributed by atoms with Crippen LogP contribution in [0.25, 0.3) is 11.8 Å². The number of carbonyl (C=O) groups excluding carboxylic acids is 1. The topological polar surface area (TPSA) is 88.3 Å². The van der Waals surface area contributed by atoms with Crippen LogP contribution >= 0.6 is 33.9 Å². The Kier molecular flexibility index (Phi) is 8.15. The fourth-order valence-corrected chi connectivity index (χ4v) is 7.41. The smallest absolute Gasteiger partial charge is 0.308 e. The Balaban J connectivity index is 1.57. The van der Waals surface area contributed by atoms with E-state index in [1.54, 1.807) is 24.9 Å². The maximum Gasteiger partial charge on any atom is 0.308 e. The normalized spacial score (nSPS) is 15.7. The van der Waals surface area contributed by atoms with Crippen molar-refractivity contribution in [2.75, 3.05) is 20.8 Å². The number of nitrogens with zero attached hydrogens (tertiary/aromatic N) is 2. The number of hydrogen-bond donors (Lipinski definition) is 0. The molecule has 0 bridgehead atoms. The van der Waals surface area contributed by atoms with Crippen molar-refractivity contribution in [1.29, 1.82) is 0 Å². The molecule has 10 heteroatoms. The molecule has 3 aromatic carbocycles. The molecule has 1 aliphatic heterocycles. The molecule has 2 heterocycles. The molecule has 0 spiro atoms. The highest BCUT2D eigenvalue weighted by Crippen LogP contribution is 2.43. The number of esters is 1. The van der Waals surface area contributed by atoms with Crippen molar-refractivity contribution in [2.24, 2.45) is 4.99 Å². The summed E-state index contributed by atoms with van der Waals surface area (Å²) in [5.41, 5.74) is 5.92. The van der Waals surface area contributed by atoms with Crippen LogP contribution in [0, 0.1) is 3.57 Å². The molecule has 4 aromatic rings. The van der Waals surface area contributed by atoms with E-state index in [-0.39, 0.29) is 11.6 Å². The second kappa shape index (κ2) is 12.0. The summed E-state index contributed by atoms with van der Waals surface area (Å²) in [6.07, 6.45) is 3.49. The van der Waals surface area contributed by atoms with Gasteiger partial charge in [-0.3, -0.25) is 14.2 Å². The van der Waals surface area contributed by atoms with Crippen molar-refractivity contribution in [2.45, 2.75) is 32.7 Å². The molecule has 0 radical (unpaired) electrons. The molecule has 0 saturated heterocycles. The molecule has 1 atom stereocenters. The number of aromatic nitrogens is 1. The third-order valence-corrected chi connectivity index (χ3v) is 9.26. The van der Waals surface area contributed by atoms with Gasteiger partial charge in [-0.25, -0.2) is 4.99 Å². The minimum absolute atomic E-state index is 0.133. The molecule has 0 saturated carbocycles. The summed E-state index contributed by atoms with van der Waals surface area (Å²) >= 11 is 3.47. The molecule has 0 unspecified atom stereocenters. The van der Waals surface area contributed by atoms with Crippen LogP contribution < -0.4 is 33.8 Å². The molecular weight excluding hydrogens is 679 g/mol. The first kappa shape index (κ1) is 29.2. The van der Waals surface area contributed by atoms with Gasteiger partial charge >= 0.3 is 5.97 Å². The van der Waals surface area contributed by atoms with E-state index in [0.29, 0.717) is 42.5 Å². The van der Waals surface area contributed by atoms with Crippen LogP contribution in [0.2, 0.25) is 0 Å². The fraction of sp³-hybridized carbons (Fsp3) is 0.242. The standard InChI is InChI=1S/C33H29IN2O6S/c1-5-41-27-15-19(14-24(34)31(27)42-18(2)37)16-28-32(38)36-30(21-11-13-25(39-3)26(17-21)40-4)23-12-10-20-8-6-7-9-22(20)29(23)35-33(36)43-28/h6-9,11,13-17,30H,5,10,12H2,1-4H3/b28-16+/t30-/m1/s1. The number of halogens is 1. The maximum absolute atomic E-state index is 14.2. The number of benzene rings is 3. The number of methoxy groups -OCH3 is 2. The van der Waals surface area contributed by atoms with Crippen molar-refractivity contribution in [1.82, 2.24) is 4.57 Å². The second-order valence-corrected chi connectivity index (χ2v) is 12.3. The molecule has 1 aromatic heterocycles. The third kappa shape index (κ3) is 5.38. The summed E-state index contributed by atoms with van der Waals surface area (Å²) in [6.45, 7) is 3.62. The summed E-state index contributed by atoms with van der Waals surface area (Å²) < 4.78 is 25.4. The Morgan fingerprint density at radius 2 is 1.86 bits per heavy atom. The number of fused-ring (bicyclic) bond motifs is 3. The fourth-order valence-electron chi connectivity index (χ4n) is 5.67. The minimum Gasteiger partial charge on any atom is -0.493 e. The van der Waals surface area contributed by atoms with Crippen molar-refractivity contribution >= 4 is 51.7 Å². The van der Waals surface area contributed by atoms with Crippen molar-refractivity contribution in [3.8, 4) is 23.0 Å². The number of ether oxygens (including phenoxy) is 4. The van der Waals surface area contributed by atoms with Gasteiger partial charge in [0, 0.05) is 12.5 Å². The molecule has 43 heavy (non-hydrogen) atoms. The lowest BCUT2D eigenvalue weighted by Crippen LogP contribution is -2.38. The van der Waals surface area contributed by atoms with Gasteiger partial charge in [-0.05, 0) is 95.0 Å². The lowest BCUT2D eigenvalue weighted by molar-refractivity contribution is -0.132. The highest BCUT2D eigenvalue weighted by molar-refractivity contribution is 14.1. The van der Waals surface area contributed by atoms with Gasteiger partial charge in [0.2, 0.25) is 0 Å². The monoisotopic (exact) mass is 708 g/mol. The van der Waals surface area contributed by atoms with E-state index in [1.807, 2.05) is 43.3 Å². The summed E-state index contributed by atoms with van der Waals surface area (Å²) in [6, 6.07) is 17.4. The Morgan fingerprint density at radius 3 is 2.60 bits per heavy atom. The molecular formula is C33H29IN2O6S. The molecule has 0 amide bonds. The molecule has 6 rings (SSSR count). The Hall–Kier alpha value is -3.90. The Labute approximate surface area is 266 Å². The number of aryl methyl sites for hydroxylation is 1. The quantitative estimate of drug-likeness (QED) is 0.148. The van der Waals surface area contributed by atoms with Crippen LogP contribution in [0.1, 0.15) is 48.6 Å². The SMILES string of the molecule is CCOc1cc(/C=c2/sc3n(c2=O)[C@H](c2ccc(OC)c(OC)c2)C2=C(N=3)c3ccccc3CC2)cc(I)c1OC(C)=O. The zero-order valence-corrected chi connectivity index (χ0v) is 27.1. The van der Waals surface area contributed by atoms with E-state index in [4.69, 9.17) is 23.9 Å². The van der Waals surface area contributed by atoms with E-state index >= 15 is 0 Å². The van der Waals surface area contributed by atoms with Gasteiger partial charge in [-0.15, -0.1) is 0 Å². The van der Waals surface area contributed by atoms with Gasteiger partial charge in [0.15, 0.2) is 27.8 Å². The van der Waals surface area contributed by atoms with Gasteiger partial charge in [0.25, 0.3) is 5.56 Å². The van der Waals surface area contributed by atoms with Gasteiger partial charge in [0.05, 0.1) is 40.7 Å². The first-order chi connectivity index (χ1) is 20.8. The first-order valence-electron chi connectivity index (χ1n) is 13.8. The van der Waals surface area contributed by atoms with Crippen LogP contribution in [-0.2, 0) is 11.2 Å². The number of rotatable bonds is 7. The van der Waals surface area contributed by atoms with Gasteiger partial charge in [-0.1, -0.05) is 41.7 Å². The van der Waals surface area contributed by atoms with E-state index < -0.39 is 5.97 Å². The summed E-state index contributed by atoms with van der Waals surface area (Å²) in [5, 5.41) is 0. The largest absolute Gasteiger partial charge is 0.493 e. The molecule has 220 valence electrons. The van der Waals surface area contributed by atoms with E-state index in [9.17, 15) is 9.59 Å². The predicted molar refractivity (Wildman–Crippen MR) is 174 cm³/mol.